The highest BCUT2D eigenvalue weighted by molar-refractivity contribution is 5.12. The van der Waals surface area contributed by atoms with E-state index in [9.17, 15) is 4.39 Å². The maximum Gasteiger partial charge on any atom is 0.0991 e. The molecule has 0 aliphatic carbocycles. The van der Waals surface area contributed by atoms with E-state index in [0.717, 1.165) is 56.9 Å². The first kappa shape index (κ1) is 27.1. The lowest BCUT2D eigenvalue weighted by atomic mass is 9.62. The van der Waals surface area contributed by atoms with E-state index in [1.807, 2.05) is 6.92 Å². The van der Waals surface area contributed by atoms with Gasteiger partial charge in [-0.05, 0) is 116 Å². The van der Waals surface area contributed by atoms with E-state index < -0.39 is 0 Å². The number of hydrogen-bond acceptors (Lipinski definition) is 1. The van der Waals surface area contributed by atoms with Crippen LogP contribution in [0.4, 0.5) is 4.39 Å². The van der Waals surface area contributed by atoms with Gasteiger partial charge < -0.3 is 4.74 Å². The Bertz CT molecular complexity index is 742. The Morgan fingerprint density at radius 1 is 0.844 bits per heavy atom. The zero-order valence-electron chi connectivity index (χ0n) is 22.2. The normalized spacial score (nSPS) is 28.2. The fourth-order valence-corrected chi connectivity index (χ4v) is 5.82. The molecule has 1 unspecified atom stereocenters. The van der Waals surface area contributed by atoms with Gasteiger partial charge in [-0.3, -0.25) is 0 Å². The molecule has 0 aromatic heterocycles. The molecular formula is C30H49FO. The first-order valence-electron chi connectivity index (χ1n) is 12.9. The molecule has 1 nitrogen and oxygen atoms in total. The third-order valence-electron chi connectivity index (χ3n) is 8.03. The van der Waals surface area contributed by atoms with Gasteiger partial charge in [-0.15, -0.1) is 0 Å². The third-order valence-corrected chi connectivity index (χ3v) is 8.03. The lowest BCUT2D eigenvalue weighted by Gasteiger charge is -2.39. The van der Waals surface area contributed by atoms with Crippen LogP contribution in [0.15, 0.2) is 46.3 Å². The van der Waals surface area contributed by atoms with Crippen molar-refractivity contribution in [1.82, 2.24) is 0 Å². The van der Waals surface area contributed by atoms with Crippen molar-refractivity contribution in [2.45, 2.75) is 131 Å². The van der Waals surface area contributed by atoms with Gasteiger partial charge in [0.1, 0.15) is 0 Å². The molecule has 0 amide bonds. The number of halogens is 1. The van der Waals surface area contributed by atoms with Gasteiger partial charge in [-0.1, -0.05) is 48.8 Å². The minimum atomic E-state index is 0.00319. The number of ether oxygens (including phenoxy) is 1. The van der Waals surface area contributed by atoms with Gasteiger partial charge in [0.2, 0.25) is 0 Å². The van der Waals surface area contributed by atoms with Crippen LogP contribution in [0.1, 0.15) is 120 Å². The molecule has 2 fully saturated rings. The van der Waals surface area contributed by atoms with Crippen LogP contribution in [0.2, 0.25) is 0 Å². The summed E-state index contributed by atoms with van der Waals surface area (Å²) in [7, 11) is 0. The maximum absolute atomic E-state index is 14.7. The monoisotopic (exact) mass is 444 g/mol. The Morgan fingerprint density at radius 2 is 1.41 bits per heavy atom. The van der Waals surface area contributed by atoms with E-state index >= 15 is 0 Å². The molecule has 0 radical (unpaired) electrons. The molecule has 0 N–H and O–H groups in total. The minimum Gasteiger partial charge on any atom is -0.371 e. The lowest BCUT2D eigenvalue weighted by molar-refractivity contribution is 0.00467. The molecule has 2 aliphatic rings. The molecule has 0 aromatic carbocycles. The number of allylic oxidation sites excluding steroid dienone is 8. The van der Waals surface area contributed by atoms with Crippen molar-refractivity contribution in [1.29, 1.82) is 0 Å². The van der Waals surface area contributed by atoms with Gasteiger partial charge in [0.05, 0.1) is 17.5 Å². The van der Waals surface area contributed by atoms with Crippen molar-refractivity contribution in [3.63, 3.8) is 0 Å². The smallest absolute Gasteiger partial charge is 0.0991 e. The SMILES string of the molecule is CC(C)=CCC/C(C)=C/CC/C(C)=C/CC/C(F)=C(\C)CCC1C(C)(C)[C@@H]2CC[C@@]1(C)O2. The molecule has 2 heterocycles. The summed E-state index contributed by atoms with van der Waals surface area (Å²) in [6.45, 7) is 17.7. The summed E-state index contributed by atoms with van der Waals surface area (Å²) in [6, 6.07) is 0. The summed E-state index contributed by atoms with van der Waals surface area (Å²) in [4.78, 5) is 0. The summed E-state index contributed by atoms with van der Waals surface area (Å²) in [5, 5.41) is 0. The zero-order chi connectivity index (χ0) is 23.9. The highest BCUT2D eigenvalue weighted by atomic mass is 19.1. The Hall–Kier alpha value is -1.15. The van der Waals surface area contributed by atoms with Crippen LogP contribution in [-0.2, 0) is 4.74 Å². The van der Waals surface area contributed by atoms with Gasteiger partial charge in [0, 0.05) is 6.42 Å². The van der Waals surface area contributed by atoms with Crippen LogP contribution in [0.25, 0.3) is 0 Å². The molecule has 3 atom stereocenters. The lowest BCUT2D eigenvalue weighted by Crippen LogP contribution is -2.40. The van der Waals surface area contributed by atoms with Gasteiger partial charge in [-0.2, -0.15) is 0 Å². The van der Waals surface area contributed by atoms with Crippen molar-refractivity contribution < 1.29 is 9.13 Å². The highest BCUT2D eigenvalue weighted by Gasteiger charge is 2.60. The predicted molar refractivity (Wildman–Crippen MR) is 137 cm³/mol. The van der Waals surface area contributed by atoms with Crippen molar-refractivity contribution in [2.24, 2.45) is 11.3 Å². The second-order valence-corrected chi connectivity index (χ2v) is 11.6. The standard InChI is InChI=1S/C30H49FO/c1-22(2)12-9-13-23(3)14-10-15-24(4)16-11-17-26(31)25(5)18-19-27-29(6,7)28-20-21-30(27,8)32-28/h12,14,16,27-28H,9-11,13,15,17-21H2,1-8H3/b23-14+,24-16+,26-25-/t27?,28-,30+/m0/s1. The molecule has 182 valence electrons. The van der Waals surface area contributed by atoms with Gasteiger partial charge in [0.25, 0.3) is 0 Å². The molecule has 0 saturated carbocycles. The molecule has 2 bridgehead atoms. The molecule has 0 spiro atoms. The second kappa shape index (κ2) is 11.8. The van der Waals surface area contributed by atoms with E-state index in [1.54, 1.807) is 0 Å². The van der Waals surface area contributed by atoms with E-state index in [-0.39, 0.29) is 16.8 Å². The molecule has 2 heteroatoms. The zero-order valence-corrected chi connectivity index (χ0v) is 22.2. The van der Waals surface area contributed by atoms with Crippen LogP contribution in [-0.4, -0.2) is 11.7 Å². The van der Waals surface area contributed by atoms with Gasteiger partial charge in [-0.25, -0.2) is 4.39 Å². The topological polar surface area (TPSA) is 9.23 Å². The average molecular weight is 445 g/mol. The van der Waals surface area contributed by atoms with Crippen LogP contribution < -0.4 is 0 Å². The summed E-state index contributed by atoms with van der Waals surface area (Å²) in [6.07, 6.45) is 17.3. The van der Waals surface area contributed by atoms with E-state index in [1.165, 1.54) is 23.1 Å². The second-order valence-electron chi connectivity index (χ2n) is 11.6. The van der Waals surface area contributed by atoms with Crippen molar-refractivity contribution in [3.8, 4) is 0 Å². The van der Waals surface area contributed by atoms with Gasteiger partial charge >= 0.3 is 0 Å². The van der Waals surface area contributed by atoms with Crippen LogP contribution >= 0.6 is 0 Å². The minimum absolute atomic E-state index is 0.00319. The predicted octanol–water partition coefficient (Wildman–Crippen LogP) is 9.80. The van der Waals surface area contributed by atoms with Crippen molar-refractivity contribution >= 4 is 0 Å². The van der Waals surface area contributed by atoms with E-state index in [2.05, 4.69) is 66.7 Å². The van der Waals surface area contributed by atoms with E-state index in [0.29, 0.717) is 18.4 Å². The Morgan fingerprint density at radius 3 is 1.94 bits per heavy atom. The van der Waals surface area contributed by atoms with Crippen molar-refractivity contribution in [2.75, 3.05) is 0 Å². The summed E-state index contributed by atoms with van der Waals surface area (Å²) in [5.74, 6) is 0.619. The molecule has 2 aliphatic heterocycles. The summed E-state index contributed by atoms with van der Waals surface area (Å²) in [5.41, 5.74) is 5.39. The Labute approximate surface area is 198 Å². The maximum atomic E-state index is 14.7. The average Bonchev–Trinajstić information content (AvgIpc) is 3.18. The first-order valence-corrected chi connectivity index (χ1v) is 12.9. The molecule has 2 saturated heterocycles. The number of fused-ring (bicyclic) bond motifs is 2. The Kier molecular flexibility index (Phi) is 10.0. The van der Waals surface area contributed by atoms with Crippen molar-refractivity contribution in [3.05, 3.63) is 46.3 Å². The fourth-order valence-electron chi connectivity index (χ4n) is 5.82. The number of hydrogen-bond donors (Lipinski definition) is 0. The molecular weight excluding hydrogens is 395 g/mol. The number of rotatable bonds is 12. The fraction of sp³-hybridized carbons (Fsp3) is 0.733. The van der Waals surface area contributed by atoms with Crippen LogP contribution in [0, 0.1) is 11.3 Å². The Balaban J connectivity index is 1.73. The highest BCUT2D eigenvalue weighted by Crippen LogP contribution is 2.59. The summed E-state index contributed by atoms with van der Waals surface area (Å²) >= 11 is 0. The molecule has 0 aromatic rings. The van der Waals surface area contributed by atoms with Crippen LogP contribution in [0.3, 0.4) is 0 Å². The molecule has 32 heavy (non-hydrogen) atoms. The third kappa shape index (κ3) is 7.44. The quantitative estimate of drug-likeness (QED) is 0.272. The first-order chi connectivity index (χ1) is 15.0. The summed E-state index contributed by atoms with van der Waals surface area (Å²) < 4.78 is 21.1. The van der Waals surface area contributed by atoms with Gasteiger partial charge in [0.15, 0.2) is 0 Å². The van der Waals surface area contributed by atoms with Crippen LogP contribution in [0.5, 0.6) is 0 Å². The van der Waals surface area contributed by atoms with E-state index in [4.69, 9.17) is 4.74 Å². The molecule has 2 rings (SSSR count). The largest absolute Gasteiger partial charge is 0.371 e.